The Balaban J connectivity index is 2.44. The third-order valence-electron chi connectivity index (χ3n) is 2.94. The summed E-state index contributed by atoms with van der Waals surface area (Å²) in [5.41, 5.74) is 3.62. The zero-order valence-corrected chi connectivity index (χ0v) is 10.4. The Labute approximate surface area is 101 Å². The molecule has 0 aliphatic rings. The lowest BCUT2D eigenvalue weighted by Crippen LogP contribution is -2.05. The highest BCUT2D eigenvalue weighted by molar-refractivity contribution is 6.10. The average molecular weight is 228 g/mol. The van der Waals surface area contributed by atoms with Gasteiger partial charge in [0.25, 0.3) is 0 Å². The predicted octanol–water partition coefficient (Wildman–Crippen LogP) is 3.69. The Bertz CT molecular complexity index is 550. The van der Waals surface area contributed by atoms with Crippen LogP contribution in [0.5, 0.6) is 0 Å². The molecule has 0 fully saturated rings. The number of furan rings is 1. The quantitative estimate of drug-likeness (QED) is 0.750. The number of aryl methyl sites for hydroxylation is 3. The van der Waals surface area contributed by atoms with Crippen LogP contribution in [0.15, 0.2) is 34.9 Å². The van der Waals surface area contributed by atoms with Crippen molar-refractivity contribution in [1.29, 1.82) is 0 Å². The molecule has 0 aliphatic carbocycles. The molecule has 1 heterocycles. The molecule has 0 unspecified atom stereocenters. The third kappa shape index (κ3) is 2.16. The van der Waals surface area contributed by atoms with E-state index in [4.69, 9.17) is 4.42 Å². The number of carbonyl (C=O) groups excluding carboxylic acids is 1. The number of rotatable bonds is 3. The maximum Gasteiger partial charge on any atom is 0.196 e. The molecule has 0 N–H and O–H groups in total. The summed E-state index contributed by atoms with van der Waals surface area (Å²) in [7, 11) is 0. The van der Waals surface area contributed by atoms with Crippen LogP contribution in [0.4, 0.5) is 0 Å². The summed E-state index contributed by atoms with van der Waals surface area (Å²) in [6, 6.07) is 7.63. The summed E-state index contributed by atoms with van der Waals surface area (Å²) in [6.07, 6.45) is 2.31. The molecule has 17 heavy (non-hydrogen) atoms. The number of hydrogen-bond donors (Lipinski definition) is 0. The minimum absolute atomic E-state index is 0.0492. The van der Waals surface area contributed by atoms with Crippen molar-refractivity contribution in [3.8, 4) is 0 Å². The normalized spacial score (nSPS) is 10.5. The number of benzene rings is 1. The highest BCUT2D eigenvalue weighted by Gasteiger charge is 2.16. The summed E-state index contributed by atoms with van der Waals surface area (Å²) in [5.74, 6) is 0.808. The van der Waals surface area contributed by atoms with E-state index in [-0.39, 0.29) is 5.78 Å². The Morgan fingerprint density at radius 3 is 2.59 bits per heavy atom. The molecule has 2 heteroatoms. The monoisotopic (exact) mass is 228 g/mol. The molecule has 88 valence electrons. The van der Waals surface area contributed by atoms with Crippen LogP contribution in [-0.4, -0.2) is 5.78 Å². The number of hydrogen-bond acceptors (Lipinski definition) is 2. The standard InChI is InChI=1S/C15H16O2/c1-4-14-13(7-8-17-14)15(16)12-6-5-10(2)9-11(12)3/h5-9H,4H2,1-3H3. The van der Waals surface area contributed by atoms with Gasteiger partial charge in [0.15, 0.2) is 5.78 Å². The predicted molar refractivity (Wildman–Crippen MR) is 67.4 cm³/mol. The van der Waals surface area contributed by atoms with Gasteiger partial charge in [-0.15, -0.1) is 0 Å². The van der Waals surface area contributed by atoms with Gasteiger partial charge < -0.3 is 4.42 Å². The van der Waals surface area contributed by atoms with Crippen LogP contribution in [0.25, 0.3) is 0 Å². The van der Waals surface area contributed by atoms with Crippen molar-refractivity contribution < 1.29 is 9.21 Å². The van der Waals surface area contributed by atoms with Crippen molar-refractivity contribution in [2.75, 3.05) is 0 Å². The van der Waals surface area contributed by atoms with Gasteiger partial charge in [-0.25, -0.2) is 0 Å². The van der Waals surface area contributed by atoms with Crippen molar-refractivity contribution in [2.45, 2.75) is 27.2 Å². The van der Waals surface area contributed by atoms with Gasteiger partial charge in [0.2, 0.25) is 0 Å². The first-order valence-corrected chi connectivity index (χ1v) is 5.81. The van der Waals surface area contributed by atoms with Crippen LogP contribution in [0, 0.1) is 13.8 Å². The van der Waals surface area contributed by atoms with Gasteiger partial charge in [-0.3, -0.25) is 4.79 Å². The lowest BCUT2D eigenvalue weighted by molar-refractivity contribution is 0.103. The first-order chi connectivity index (χ1) is 8.13. The molecule has 0 spiro atoms. The van der Waals surface area contributed by atoms with Crippen LogP contribution in [0.1, 0.15) is 39.7 Å². The van der Waals surface area contributed by atoms with E-state index in [1.165, 1.54) is 5.56 Å². The Morgan fingerprint density at radius 2 is 1.94 bits per heavy atom. The molecule has 2 rings (SSSR count). The van der Waals surface area contributed by atoms with Crippen molar-refractivity contribution in [2.24, 2.45) is 0 Å². The van der Waals surface area contributed by atoms with Crippen molar-refractivity contribution in [1.82, 2.24) is 0 Å². The van der Waals surface area contributed by atoms with E-state index in [2.05, 4.69) is 0 Å². The first-order valence-electron chi connectivity index (χ1n) is 5.81. The topological polar surface area (TPSA) is 30.2 Å². The van der Waals surface area contributed by atoms with E-state index >= 15 is 0 Å². The molecule has 0 bridgehead atoms. The van der Waals surface area contributed by atoms with Gasteiger partial charge in [-0.2, -0.15) is 0 Å². The van der Waals surface area contributed by atoms with Crippen LogP contribution in [0.3, 0.4) is 0 Å². The van der Waals surface area contributed by atoms with Gasteiger partial charge in [-0.05, 0) is 25.5 Å². The fourth-order valence-corrected chi connectivity index (χ4v) is 2.03. The van der Waals surface area contributed by atoms with Gasteiger partial charge in [0.05, 0.1) is 11.8 Å². The summed E-state index contributed by atoms with van der Waals surface area (Å²) in [4.78, 5) is 12.4. The summed E-state index contributed by atoms with van der Waals surface area (Å²) in [6.45, 7) is 5.97. The molecule has 0 radical (unpaired) electrons. The van der Waals surface area contributed by atoms with E-state index in [0.717, 1.165) is 23.3 Å². The summed E-state index contributed by atoms with van der Waals surface area (Å²) in [5, 5.41) is 0. The average Bonchev–Trinajstić information content (AvgIpc) is 2.76. The lowest BCUT2D eigenvalue weighted by Gasteiger charge is -2.05. The molecule has 1 aromatic heterocycles. The lowest BCUT2D eigenvalue weighted by atomic mass is 9.97. The van der Waals surface area contributed by atoms with Crippen molar-refractivity contribution >= 4 is 5.78 Å². The van der Waals surface area contributed by atoms with E-state index in [0.29, 0.717) is 5.56 Å². The second-order valence-corrected chi connectivity index (χ2v) is 4.26. The van der Waals surface area contributed by atoms with Gasteiger partial charge in [0.1, 0.15) is 5.76 Å². The minimum Gasteiger partial charge on any atom is -0.469 e. The maximum atomic E-state index is 12.4. The smallest absolute Gasteiger partial charge is 0.196 e. The molecular formula is C15H16O2. The number of carbonyl (C=O) groups is 1. The molecule has 2 nitrogen and oxygen atoms in total. The minimum atomic E-state index is 0.0492. The first kappa shape index (κ1) is 11.6. The molecule has 0 amide bonds. The third-order valence-corrected chi connectivity index (χ3v) is 2.94. The largest absolute Gasteiger partial charge is 0.469 e. The maximum absolute atomic E-state index is 12.4. The molecule has 0 atom stereocenters. The summed E-state index contributed by atoms with van der Waals surface area (Å²) >= 11 is 0. The SMILES string of the molecule is CCc1occc1C(=O)c1ccc(C)cc1C. The molecule has 0 saturated heterocycles. The summed E-state index contributed by atoms with van der Waals surface area (Å²) < 4.78 is 5.30. The molecule has 0 aliphatic heterocycles. The van der Waals surface area contributed by atoms with Gasteiger partial charge >= 0.3 is 0 Å². The van der Waals surface area contributed by atoms with E-state index in [1.54, 1.807) is 12.3 Å². The Morgan fingerprint density at radius 1 is 1.18 bits per heavy atom. The second-order valence-electron chi connectivity index (χ2n) is 4.26. The molecular weight excluding hydrogens is 212 g/mol. The van der Waals surface area contributed by atoms with Gasteiger partial charge in [-0.1, -0.05) is 30.7 Å². The van der Waals surface area contributed by atoms with Crippen molar-refractivity contribution in [3.05, 3.63) is 58.5 Å². The van der Waals surface area contributed by atoms with Crippen LogP contribution in [0.2, 0.25) is 0 Å². The van der Waals surface area contributed by atoms with E-state index in [9.17, 15) is 4.79 Å². The zero-order valence-electron chi connectivity index (χ0n) is 10.4. The molecule has 1 aromatic carbocycles. The van der Waals surface area contributed by atoms with E-state index in [1.807, 2.05) is 39.0 Å². The van der Waals surface area contributed by atoms with E-state index < -0.39 is 0 Å². The highest BCUT2D eigenvalue weighted by atomic mass is 16.3. The van der Waals surface area contributed by atoms with Crippen LogP contribution in [-0.2, 0) is 6.42 Å². The van der Waals surface area contributed by atoms with Crippen LogP contribution >= 0.6 is 0 Å². The molecule has 0 saturated carbocycles. The fourth-order valence-electron chi connectivity index (χ4n) is 2.03. The Hall–Kier alpha value is -1.83. The van der Waals surface area contributed by atoms with Crippen LogP contribution < -0.4 is 0 Å². The highest BCUT2D eigenvalue weighted by Crippen LogP contribution is 2.19. The van der Waals surface area contributed by atoms with Crippen molar-refractivity contribution in [3.63, 3.8) is 0 Å². The zero-order chi connectivity index (χ0) is 12.4. The van der Waals surface area contributed by atoms with Gasteiger partial charge in [0, 0.05) is 12.0 Å². The molecule has 2 aromatic rings. The number of ketones is 1. The Kier molecular flexibility index (Phi) is 3.14. The second kappa shape index (κ2) is 4.58. The fraction of sp³-hybridized carbons (Fsp3) is 0.267.